The number of ether oxygens (including phenoxy) is 2. The maximum Gasteiger partial charge on any atom is 0.251 e. The highest BCUT2D eigenvalue weighted by atomic mass is 16.5. The smallest absolute Gasteiger partial charge is 0.251 e. The first kappa shape index (κ1) is 18.8. The number of nitrogens with one attached hydrogen (secondary N) is 1. The van der Waals surface area contributed by atoms with E-state index in [4.69, 9.17) is 14.7 Å². The van der Waals surface area contributed by atoms with E-state index in [2.05, 4.69) is 10.2 Å². The minimum Gasteiger partial charge on any atom is -0.388 e. The number of hydrogen-bond acceptors (Lipinski definition) is 6. The van der Waals surface area contributed by atoms with Crippen molar-refractivity contribution in [1.29, 1.82) is 5.26 Å². The number of hydrogen-bond donors (Lipinski definition) is 2. The van der Waals surface area contributed by atoms with Crippen LogP contribution in [0.25, 0.3) is 0 Å². The summed E-state index contributed by atoms with van der Waals surface area (Å²) in [5.74, 6) is -0.277. The van der Waals surface area contributed by atoms with Crippen LogP contribution in [0.4, 0.5) is 0 Å². The van der Waals surface area contributed by atoms with Crippen molar-refractivity contribution in [2.45, 2.75) is 37.1 Å². The van der Waals surface area contributed by atoms with Crippen LogP contribution in [0.15, 0.2) is 24.3 Å². The van der Waals surface area contributed by atoms with Gasteiger partial charge in [0.25, 0.3) is 5.91 Å². The molecule has 0 saturated carbocycles. The third-order valence-corrected chi connectivity index (χ3v) is 5.15. The van der Waals surface area contributed by atoms with Crippen molar-refractivity contribution >= 4 is 5.91 Å². The molecule has 2 heterocycles. The lowest BCUT2D eigenvalue weighted by atomic mass is 10.1. The summed E-state index contributed by atoms with van der Waals surface area (Å²) < 4.78 is 11.0. The van der Waals surface area contributed by atoms with Crippen molar-refractivity contribution in [3.8, 4) is 6.07 Å². The second-order valence-electron chi connectivity index (χ2n) is 6.88. The molecule has 26 heavy (non-hydrogen) atoms. The van der Waals surface area contributed by atoms with E-state index in [1.165, 1.54) is 0 Å². The van der Waals surface area contributed by atoms with Crippen LogP contribution < -0.4 is 5.32 Å². The Morgan fingerprint density at radius 2 is 2.23 bits per heavy atom. The summed E-state index contributed by atoms with van der Waals surface area (Å²) in [5, 5.41) is 22.2. The average Bonchev–Trinajstić information content (AvgIpc) is 3.24. The number of nitrogens with zero attached hydrogens (tertiary/aromatic N) is 2. The number of carbonyl (C=O) groups is 1. The van der Waals surface area contributed by atoms with Crippen LogP contribution in [0.3, 0.4) is 0 Å². The second kappa shape index (κ2) is 8.60. The van der Waals surface area contributed by atoms with Gasteiger partial charge in [0.15, 0.2) is 0 Å². The van der Waals surface area contributed by atoms with Crippen LogP contribution in [0, 0.1) is 11.3 Å². The topological polar surface area (TPSA) is 94.8 Å². The molecule has 0 unspecified atom stereocenters. The van der Waals surface area contributed by atoms with E-state index in [0.29, 0.717) is 30.3 Å². The zero-order valence-electron chi connectivity index (χ0n) is 14.9. The Morgan fingerprint density at radius 1 is 1.46 bits per heavy atom. The molecule has 140 valence electrons. The Bertz CT molecular complexity index is 658. The van der Waals surface area contributed by atoms with Crippen LogP contribution in [0.1, 0.15) is 28.8 Å². The quantitative estimate of drug-likeness (QED) is 0.769. The number of benzene rings is 1. The molecule has 0 radical (unpaired) electrons. The maximum absolute atomic E-state index is 12.3. The molecule has 7 heteroatoms. The highest BCUT2D eigenvalue weighted by Crippen LogP contribution is 2.22. The third kappa shape index (κ3) is 4.22. The van der Waals surface area contributed by atoms with Gasteiger partial charge in [-0.3, -0.25) is 9.69 Å². The molecule has 2 aliphatic heterocycles. The van der Waals surface area contributed by atoms with E-state index in [9.17, 15) is 9.90 Å². The second-order valence-corrected chi connectivity index (χ2v) is 6.88. The number of methoxy groups -OCH3 is 1. The molecule has 0 bridgehead atoms. The fourth-order valence-electron chi connectivity index (χ4n) is 3.67. The number of rotatable bonds is 6. The SMILES string of the molecule is COC[C@H]1CCCN1C[C@@H]1OC[C@H](NC(=O)c2ccc(C#N)cc2)[C@H]1O. The molecule has 0 aromatic heterocycles. The molecule has 1 amide bonds. The van der Waals surface area contributed by atoms with Crippen LogP contribution >= 0.6 is 0 Å². The van der Waals surface area contributed by atoms with Crippen LogP contribution in [-0.2, 0) is 9.47 Å². The molecule has 2 saturated heterocycles. The summed E-state index contributed by atoms with van der Waals surface area (Å²) in [6, 6.07) is 8.35. The number of nitriles is 1. The fourth-order valence-corrected chi connectivity index (χ4v) is 3.67. The van der Waals surface area contributed by atoms with Gasteiger partial charge in [0.2, 0.25) is 0 Å². The molecule has 1 aromatic carbocycles. The molecule has 2 fully saturated rings. The summed E-state index contributed by atoms with van der Waals surface area (Å²) in [5.41, 5.74) is 0.960. The fraction of sp³-hybridized carbons (Fsp3) is 0.579. The molecule has 7 nitrogen and oxygen atoms in total. The summed E-state index contributed by atoms with van der Waals surface area (Å²) in [7, 11) is 1.70. The lowest BCUT2D eigenvalue weighted by Crippen LogP contribution is -2.47. The number of carbonyl (C=O) groups excluding carboxylic acids is 1. The number of aliphatic hydroxyl groups is 1. The van der Waals surface area contributed by atoms with Gasteiger partial charge in [-0.25, -0.2) is 0 Å². The van der Waals surface area contributed by atoms with Gasteiger partial charge in [-0.1, -0.05) is 0 Å². The van der Waals surface area contributed by atoms with E-state index in [0.717, 1.165) is 19.4 Å². The molecule has 2 aliphatic rings. The molecular formula is C19H25N3O4. The molecule has 4 atom stereocenters. The van der Waals surface area contributed by atoms with Crippen LogP contribution in [0.5, 0.6) is 0 Å². The van der Waals surface area contributed by atoms with Crippen LogP contribution in [-0.4, -0.2) is 73.6 Å². The van der Waals surface area contributed by atoms with Crippen molar-refractivity contribution < 1.29 is 19.4 Å². The van der Waals surface area contributed by atoms with Crippen molar-refractivity contribution in [3.63, 3.8) is 0 Å². The zero-order chi connectivity index (χ0) is 18.5. The van der Waals surface area contributed by atoms with Gasteiger partial charge in [0.1, 0.15) is 6.10 Å². The predicted octanol–water partition coefficient (Wildman–Crippen LogP) is 0.527. The molecule has 0 spiro atoms. The normalized spacial score (nSPS) is 28.8. The Balaban J connectivity index is 1.54. The third-order valence-electron chi connectivity index (χ3n) is 5.15. The lowest BCUT2D eigenvalue weighted by Gasteiger charge is -2.28. The highest BCUT2D eigenvalue weighted by Gasteiger charge is 2.39. The lowest BCUT2D eigenvalue weighted by molar-refractivity contribution is 0.00456. The number of likely N-dealkylation sites (tertiary alicyclic amines) is 1. The first-order chi connectivity index (χ1) is 12.6. The summed E-state index contributed by atoms with van der Waals surface area (Å²) in [6.07, 6.45) is 1.14. The highest BCUT2D eigenvalue weighted by molar-refractivity contribution is 5.94. The first-order valence-corrected chi connectivity index (χ1v) is 8.96. The predicted molar refractivity (Wildman–Crippen MR) is 94.6 cm³/mol. The average molecular weight is 359 g/mol. The summed E-state index contributed by atoms with van der Waals surface area (Å²) >= 11 is 0. The summed E-state index contributed by atoms with van der Waals surface area (Å²) in [4.78, 5) is 14.6. The van der Waals surface area contributed by atoms with Crippen molar-refractivity contribution in [3.05, 3.63) is 35.4 Å². The monoisotopic (exact) mass is 359 g/mol. The van der Waals surface area contributed by atoms with E-state index < -0.39 is 12.1 Å². The van der Waals surface area contributed by atoms with E-state index in [1.54, 1.807) is 31.4 Å². The van der Waals surface area contributed by atoms with Crippen molar-refractivity contribution in [2.75, 3.05) is 33.4 Å². The Morgan fingerprint density at radius 3 is 2.92 bits per heavy atom. The van der Waals surface area contributed by atoms with Gasteiger partial charge in [0.05, 0.1) is 37.0 Å². The van der Waals surface area contributed by atoms with Gasteiger partial charge >= 0.3 is 0 Å². The van der Waals surface area contributed by atoms with Gasteiger partial charge in [-0.15, -0.1) is 0 Å². The van der Waals surface area contributed by atoms with Gasteiger partial charge < -0.3 is 19.9 Å². The molecule has 3 rings (SSSR count). The van der Waals surface area contributed by atoms with Gasteiger partial charge in [-0.2, -0.15) is 5.26 Å². The molecule has 1 aromatic rings. The van der Waals surface area contributed by atoms with E-state index >= 15 is 0 Å². The van der Waals surface area contributed by atoms with Crippen LogP contribution in [0.2, 0.25) is 0 Å². The van der Waals surface area contributed by atoms with Crippen molar-refractivity contribution in [1.82, 2.24) is 10.2 Å². The maximum atomic E-state index is 12.3. The van der Waals surface area contributed by atoms with E-state index in [1.807, 2.05) is 6.07 Å². The molecule has 0 aliphatic carbocycles. The van der Waals surface area contributed by atoms with E-state index in [-0.39, 0.29) is 18.6 Å². The number of amides is 1. The van der Waals surface area contributed by atoms with Crippen molar-refractivity contribution in [2.24, 2.45) is 0 Å². The Labute approximate surface area is 153 Å². The molecular weight excluding hydrogens is 334 g/mol. The largest absolute Gasteiger partial charge is 0.388 e. The van der Waals surface area contributed by atoms with Gasteiger partial charge in [0, 0.05) is 25.3 Å². The molecule has 2 N–H and O–H groups in total. The minimum absolute atomic E-state index is 0.277. The first-order valence-electron chi connectivity index (χ1n) is 8.96. The Kier molecular flexibility index (Phi) is 6.22. The summed E-state index contributed by atoms with van der Waals surface area (Å²) in [6.45, 7) is 2.58. The minimum atomic E-state index is -0.749. The standard InChI is InChI=1S/C19H25N3O4/c1-25-11-15-3-2-8-22(15)10-17-18(23)16(12-26-17)21-19(24)14-6-4-13(9-20)5-7-14/h4-7,15-18,23H,2-3,8,10-12H2,1H3,(H,21,24)/t15-,16+,17+,18-/m1/s1. The Hall–Kier alpha value is -1.98. The van der Waals surface area contributed by atoms with Gasteiger partial charge in [-0.05, 0) is 43.7 Å². The number of aliphatic hydroxyl groups excluding tert-OH is 1. The zero-order valence-corrected chi connectivity index (χ0v) is 14.9.